The number of ether oxygens (including phenoxy) is 1. The first-order valence-corrected chi connectivity index (χ1v) is 9.89. The fraction of sp³-hybridized carbons (Fsp3) is 0.400. The highest BCUT2D eigenvalue weighted by atomic mass is 16.5. The van der Waals surface area contributed by atoms with Crippen LogP contribution in [0.25, 0.3) is 10.9 Å². The maximum Gasteiger partial charge on any atom is 0.245 e. The van der Waals surface area contributed by atoms with Gasteiger partial charge in [0.2, 0.25) is 5.95 Å². The van der Waals surface area contributed by atoms with Gasteiger partial charge in [-0.2, -0.15) is 4.98 Å². The van der Waals surface area contributed by atoms with E-state index in [2.05, 4.69) is 48.7 Å². The molecule has 9 heteroatoms. The summed E-state index contributed by atoms with van der Waals surface area (Å²) in [5.41, 5.74) is 8.30. The average Bonchev–Trinajstić information content (AvgIpc) is 3.49. The molecule has 9 nitrogen and oxygen atoms in total. The van der Waals surface area contributed by atoms with Crippen molar-refractivity contribution in [1.82, 2.24) is 19.7 Å². The van der Waals surface area contributed by atoms with E-state index in [1.165, 1.54) is 18.4 Å². The number of rotatable bonds is 6. The van der Waals surface area contributed by atoms with Gasteiger partial charge in [-0.25, -0.2) is 0 Å². The van der Waals surface area contributed by atoms with Crippen LogP contribution in [0.5, 0.6) is 0 Å². The molecule has 2 aromatic heterocycles. The summed E-state index contributed by atoms with van der Waals surface area (Å²) in [5, 5.41) is 15.6. The van der Waals surface area contributed by atoms with Crippen LogP contribution in [0.3, 0.4) is 0 Å². The van der Waals surface area contributed by atoms with Gasteiger partial charge in [0.25, 0.3) is 0 Å². The molecule has 1 aliphatic carbocycles. The van der Waals surface area contributed by atoms with Gasteiger partial charge in [0.05, 0.1) is 12.1 Å². The van der Waals surface area contributed by atoms with Crippen LogP contribution in [0.15, 0.2) is 30.5 Å². The summed E-state index contributed by atoms with van der Waals surface area (Å²) in [6.45, 7) is 1.12. The third kappa shape index (κ3) is 3.54. The lowest BCUT2D eigenvalue weighted by Crippen LogP contribution is -2.47. The Bertz CT molecular complexity index is 1050. The van der Waals surface area contributed by atoms with Gasteiger partial charge in [-0.05, 0) is 37.5 Å². The third-order valence-electron chi connectivity index (χ3n) is 5.50. The normalized spacial score (nSPS) is 21.8. The van der Waals surface area contributed by atoms with Gasteiger partial charge in [0.15, 0.2) is 17.8 Å². The lowest BCUT2D eigenvalue weighted by molar-refractivity contribution is 0.0751. The third-order valence-corrected chi connectivity index (χ3v) is 5.50. The minimum absolute atomic E-state index is 0.00325. The van der Waals surface area contributed by atoms with E-state index in [-0.39, 0.29) is 17.8 Å². The molecule has 4 N–H and O–H groups in total. The van der Waals surface area contributed by atoms with Crippen molar-refractivity contribution in [2.75, 3.05) is 23.8 Å². The molecule has 1 saturated heterocycles. The highest BCUT2D eigenvalue weighted by Gasteiger charge is 2.25. The first kappa shape index (κ1) is 18.0. The van der Waals surface area contributed by atoms with Crippen LogP contribution in [0.4, 0.5) is 17.5 Å². The van der Waals surface area contributed by atoms with Crippen molar-refractivity contribution in [3.05, 3.63) is 36.2 Å². The molecule has 0 amide bonds. The Kier molecular flexibility index (Phi) is 4.61. The van der Waals surface area contributed by atoms with Crippen LogP contribution in [0, 0.1) is 0 Å². The van der Waals surface area contributed by atoms with Gasteiger partial charge >= 0.3 is 0 Å². The highest BCUT2D eigenvalue weighted by Crippen LogP contribution is 2.39. The minimum Gasteiger partial charge on any atom is -0.380 e. The van der Waals surface area contributed by atoms with Crippen molar-refractivity contribution < 1.29 is 9.53 Å². The number of hydrogen-bond acceptors (Lipinski definition) is 8. The van der Waals surface area contributed by atoms with Crippen LogP contribution >= 0.6 is 0 Å². The monoisotopic (exact) mass is 393 g/mol. The van der Waals surface area contributed by atoms with E-state index < -0.39 is 0 Å². The van der Waals surface area contributed by atoms with Crippen molar-refractivity contribution >= 4 is 34.6 Å². The van der Waals surface area contributed by atoms with Crippen LogP contribution in [-0.2, 0) is 4.74 Å². The smallest absolute Gasteiger partial charge is 0.245 e. The van der Waals surface area contributed by atoms with E-state index in [1.807, 2.05) is 12.1 Å². The number of aldehydes is 1. The zero-order chi connectivity index (χ0) is 19.8. The largest absolute Gasteiger partial charge is 0.380 e. The summed E-state index contributed by atoms with van der Waals surface area (Å²) in [6, 6.07) is 8.61. The Morgan fingerprint density at radius 3 is 2.90 bits per heavy atom. The zero-order valence-corrected chi connectivity index (χ0v) is 15.9. The molecule has 1 aliphatic heterocycles. The van der Waals surface area contributed by atoms with E-state index in [0.29, 0.717) is 37.3 Å². The summed E-state index contributed by atoms with van der Waals surface area (Å²) in [4.78, 5) is 16.0. The van der Waals surface area contributed by atoms with Crippen molar-refractivity contribution in [1.29, 1.82) is 0 Å². The molecule has 3 aromatic rings. The summed E-state index contributed by atoms with van der Waals surface area (Å²) in [5.74, 6) is 0.702. The lowest BCUT2D eigenvalue weighted by atomic mass is 10.1. The second-order valence-electron chi connectivity index (χ2n) is 7.58. The van der Waals surface area contributed by atoms with E-state index >= 15 is 0 Å². The van der Waals surface area contributed by atoms with Crippen LogP contribution in [-0.4, -0.2) is 51.3 Å². The van der Waals surface area contributed by atoms with Crippen LogP contribution in [0.1, 0.15) is 35.8 Å². The number of hydrogen-bond donors (Lipinski definition) is 3. The number of nitrogens with one attached hydrogen (secondary N) is 2. The molecule has 2 aliphatic rings. The topological polar surface area (TPSA) is 120 Å². The maximum atomic E-state index is 11.5. The molecule has 5 rings (SSSR count). The van der Waals surface area contributed by atoms with E-state index in [0.717, 1.165) is 17.5 Å². The highest BCUT2D eigenvalue weighted by molar-refractivity contribution is 5.95. The van der Waals surface area contributed by atoms with E-state index in [9.17, 15) is 4.79 Å². The summed E-state index contributed by atoms with van der Waals surface area (Å²) in [7, 11) is 0. The molecule has 3 heterocycles. The molecule has 1 aromatic carbocycles. The quantitative estimate of drug-likeness (QED) is 0.546. The molecule has 150 valence electrons. The van der Waals surface area contributed by atoms with Crippen LogP contribution < -0.4 is 16.4 Å². The fourth-order valence-electron chi connectivity index (χ4n) is 3.77. The molecule has 0 bridgehead atoms. The molecule has 0 radical (unpaired) electrons. The predicted octanol–water partition coefficient (Wildman–Crippen LogP) is 2.25. The first-order valence-electron chi connectivity index (χ1n) is 9.89. The Labute approximate surface area is 167 Å². The lowest BCUT2D eigenvalue weighted by Gasteiger charge is -2.29. The van der Waals surface area contributed by atoms with Crippen molar-refractivity contribution in [3.63, 3.8) is 0 Å². The van der Waals surface area contributed by atoms with Gasteiger partial charge < -0.3 is 25.7 Å². The molecular formula is C20H23N7O2. The van der Waals surface area contributed by atoms with Crippen molar-refractivity contribution in [2.24, 2.45) is 5.73 Å². The Hall–Kier alpha value is -3.04. The number of nitrogens with zero attached hydrogens (tertiary/aromatic N) is 4. The number of anilines is 3. The Morgan fingerprint density at radius 2 is 2.10 bits per heavy atom. The molecule has 0 unspecified atom stereocenters. The van der Waals surface area contributed by atoms with Crippen molar-refractivity contribution in [3.8, 4) is 0 Å². The van der Waals surface area contributed by atoms with E-state index in [1.54, 1.807) is 0 Å². The SMILES string of the molecule is N[C@H]1COCC[C@H]1Nc1nnc(C=O)c(Nc2cccc3c2ccn3C2CC2)n1. The maximum absolute atomic E-state index is 11.5. The van der Waals surface area contributed by atoms with E-state index in [4.69, 9.17) is 10.5 Å². The summed E-state index contributed by atoms with van der Waals surface area (Å²) < 4.78 is 7.68. The minimum atomic E-state index is -0.148. The first-order chi connectivity index (χ1) is 14.2. The fourth-order valence-corrected chi connectivity index (χ4v) is 3.77. The van der Waals surface area contributed by atoms with Gasteiger partial charge in [0, 0.05) is 42.0 Å². The molecule has 29 heavy (non-hydrogen) atoms. The number of carbonyl (C=O) groups excluding carboxylic acids is 1. The number of benzene rings is 1. The molecule has 0 spiro atoms. The predicted molar refractivity (Wildman–Crippen MR) is 110 cm³/mol. The number of fused-ring (bicyclic) bond motifs is 1. The van der Waals surface area contributed by atoms with Crippen LogP contribution in [0.2, 0.25) is 0 Å². The Balaban J connectivity index is 1.44. The molecule has 1 saturated carbocycles. The van der Waals surface area contributed by atoms with Gasteiger partial charge in [-0.3, -0.25) is 4.79 Å². The number of aromatic nitrogens is 4. The second-order valence-corrected chi connectivity index (χ2v) is 7.58. The zero-order valence-electron chi connectivity index (χ0n) is 15.9. The summed E-state index contributed by atoms with van der Waals surface area (Å²) in [6.07, 6.45) is 5.97. The molecular weight excluding hydrogens is 370 g/mol. The molecule has 2 atom stereocenters. The van der Waals surface area contributed by atoms with Gasteiger partial charge in [-0.1, -0.05) is 6.07 Å². The molecule has 2 fully saturated rings. The Morgan fingerprint density at radius 1 is 1.21 bits per heavy atom. The van der Waals surface area contributed by atoms with Gasteiger partial charge in [0.1, 0.15) is 0 Å². The average molecular weight is 393 g/mol. The standard InChI is InChI=1S/C20H23N7O2/c21-14-11-29-9-7-16(14)23-20-24-19(17(10-28)25-26-20)22-15-2-1-3-18-13(15)6-8-27(18)12-4-5-12/h1-3,6,8,10,12,14,16H,4-5,7,9,11,21H2,(H2,22,23,24,26)/t14-,16+/m0/s1. The summed E-state index contributed by atoms with van der Waals surface area (Å²) >= 11 is 0. The number of carbonyl (C=O) groups is 1. The van der Waals surface area contributed by atoms with Gasteiger partial charge in [-0.15, -0.1) is 10.2 Å². The second kappa shape index (κ2) is 7.41. The number of nitrogens with two attached hydrogens (primary N) is 1. The van der Waals surface area contributed by atoms with Crippen molar-refractivity contribution in [2.45, 2.75) is 37.4 Å².